The van der Waals surface area contributed by atoms with Crippen molar-refractivity contribution in [3.63, 3.8) is 0 Å². The fraction of sp³-hybridized carbons (Fsp3) is 0.417. The van der Waals surface area contributed by atoms with Gasteiger partial charge in [-0.1, -0.05) is 36.4 Å². The smallest absolute Gasteiger partial charge is 0.249 e. The minimum Gasteiger partial charge on any atom is -0.338 e. The lowest BCUT2D eigenvalue weighted by Crippen LogP contribution is -2.45. The molecule has 2 aliphatic carbocycles. The van der Waals surface area contributed by atoms with Gasteiger partial charge in [-0.2, -0.15) is 5.26 Å². The Hall–Kier alpha value is -2.39. The van der Waals surface area contributed by atoms with Crippen molar-refractivity contribution in [2.24, 2.45) is 5.92 Å². The van der Waals surface area contributed by atoms with E-state index in [-0.39, 0.29) is 18.8 Å². The van der Waals surface area contributed by atoms with Gasteiger partial charge in [-0.05, 0) is 60.3 Å². The van der Waals surface area contributed by atoms with Crippen LogP contribution in [-0.4, -0.2) is 23.6 Å². The molecule has 0 heterocycles. The number of carbonyl (C=O) groups excluding carboxylic acids is 1. The number of hydrogen-bond donors (Lipinski definition) is 1. The summed E-state index contributed by atoms with van der Waals surface area (Å²) < 4.78 is 28.6. The summed E-state index contributed by atoms with van der Waals surface area (Å²) in [5, 5.41) is 12.1. The molecule has 3 nitrogen and oxygen atoms in total. The standard InChI is InChI=1S/C24H24F2N2OS/c1-30-17-8-6-16(7-9-17)18-4-2-3-5-19(18)20-10-11-24(25,26)14-21(20)22(29)28-23(15-27)12-13-23/h2-9,20-21H,10-14H2,1H3,(H,28,29)/t20?,21-/m1/s1. The summed E-state index contributed by atoms with van der Waals surface area (Å²) in [7, 11) is 0. The van der Waals surface area contributed by atoms with Crippen molar-refractivity contribution in [2.45, 2.75) is 54.4 Å². The van der Waals surface area contributed by atoms with Gasteiger partial charge in [0.1, 0.15) is 5.54 Å². The largest absolute Gasteiger partial charge is 0.338 e. The number of amides is 1. The van der Waals surface area contributed by atoms with Crippen molar-refractivity contribution in [3.05, 3.63) is 54.1 Å². The Balaban J connectivity index is 1.68. The van der Waals surface area contributed by atoms with Gasteiger partial charge in [-0.25, -0.2) is 8.78 Å². The molecule has 0 spiro atoms. The Kier molecular flexibility index (Phi) is 5.59. The number of benzene rings is 2. The van der Waals surface area contributed by atoms with Gasteiger partial charge in [-0.3, -0.25) is 4.79 Å². The Morgan fingerprint density at radius 1 is 1.13 bits per heavy atom. The third-order valence-electron chi connectivity index (χ3n) is 6.25. The van der Waals surface area contributed by atoms with Gasteiger partial charge in [0.15, 0.2) is 0 Å². The van der Waals surface area contributed by atoms with Gasteiger partial charge in [0.25, 0.3) is 0 Å². The lowest BCUT2D eigenvalue weighted by molar-refractivity contribution is -0.134. The Labute approximate surface area is 179 Å². The van der Waals surface area contributed by atoms with Gasteiger partial charge < -0.3 is 5.32 Å². The van der Waals surface area contributed by atoms with E-state index in [0.717, 1.165) is 21.6 Å². The SMILES string of the molecule is CSc1ccc(-c2ccccc2C2CCC(F)(F)C[C@H]2C(=O)NC2(C#N)CC2)cc1. The zero-order valence-electron chi connectivity index (χ0n) is 16.8. The summed E-state index contributed by atoms with van der Waals surface area (Å²) in [5.41, 5.74) is 2.05. The minimum absolute atomic E-state index is 0.232. The van der Waals surface area contributed by atoms with Crippen LogP contribution < -0.4 is 5.32 Å². The first-order valence-electron chi connectivity index (χ1n) is 10.2. The van der Waals surface area contributed by atoms with E-state index in [1.54, 1.807) is 11.8 Å². The molecule has 0 radical (unpaired) electrons. The third-order valence-corrected chi connectivity index (χ3v) is 6.99. The van der Waals surface area contributed by atoms with Crippen molar-refractivity contribution in [1.29, 1.82) is 5.26 Å². The molecule has 4 rings (SSSR count). The number of nitrogens with one attached hydrogen (secondary N) is 1. The second-order valence-electron chi connectivity index (χ2n) is 8.31. The van der Waals surface area contributed by atoms with E-state index in [1.165, 1.54) is 0 Å². The molecule has 2 aromatic carbocycles. The van der Waals surface area contributed by atoms with Gasteiger partial charge in [0.05, 0.1) is 12.0 Å². The van der Waals surface area contributed by atoms with Crippen LogP contribution in [0.2, 0.25) is 0 Å². The molecule has 2 fully saturated rings. The maximum Gasteiger partial charge on any atom is 0.249 e. The monoisotopic (exact) mass is 426 g/mol. The lowest BCUT2D eigenvalue weighted by Gasteiger charge is -2.36. The first kappa shape index (κ1) is 20.9. The third kappa shape index (κ3) is 4.22. The van der Waals surface area contributed by atoms with Crippen LogP contribution in [0.3, 0.4) is 0 Å². The highest BCUT2D eigenvalue weighted by Crippen LogP contribution is 2.48. The van der Waals surface area contributed by atoms with E-state index < -0.39 is 29.7 Å². The highest BCUT2D eigenvalue weighted by molar-refractivity contribution is 7.98. The second kappa shape index (κ2) is 8.03. The van der Waals surface area contributed by atoms with E-state index in [2.05, 4.69) is 11.4 Å². The van der Waals surface area contributed by atoms with E-state index in [1.807, 2.05) is 54.8 Å². The summed E-state index contributed by atoms with van der Waals surface area (Å²) in [5.74, 6) is -4.45. The van der Waals surface area contributed by atoms with Crippen LogP contribution in [-0.2, 0) is 4.79 Å². The van der Waals surface area contributed by atoms with Gasteiger partial charge in [0, 0.05) is 17.7 Å². The molecule has 2 aromatic rings. The van der Waals surface area contributed by atoms with Crippen LogP contribution in [0.4, 0.5) is 8.78 Å². The van der Waals surface area contributed by atoms with Crippen molar-refractivity contribution in [2.75, 3.05) is 6.26 Å². The molecule has 0 saturated heterocycles. The second-order valence-corrected chi connectivity index (χ2v) is 9.19. The van der Waals surface area contributed by atoms with E-state index in [4.69, 9.17) is 0 Å². The molecule has 2 atom stereocenters. The molecular formula is C24H24F2N2OS. The topological polar surface area (TPSA) is 52.9 Å². The number of nitrogens with zero attached hydrogens (tertiary/aromatic N) is 1. The molecular weight excluding hydrogens is 402 g/mol. The van der Waals surface area contributed by atoms with Crippen molar-refractivity contribution < 1.29 is 13.6 Å². The molecule has 30 heavy (non-hydrogen) atoms. The van der Waals surface area contributed by atoms with Crippen LogP contribution >= 0.6 is 11.8 Å². The first-order chi connectivity index (χ1) is 14.4. The Morgan fingerprint density at radius 3 is 2.47 bits per heavy atom. The van der Waals surface area contributed by atoms with Crippen LogP contribution in [0.15, 0.2) is 53.4 Å². The molecule has 1 amide bonds. The van der Waals surface area contributed by atoms with Crippen molar-refractivity contribution in [1.82, 2.24) is 5.32 Å². The molecule has 0 bridgehead atoms. The normalized spacial score (nSPS) is 23.9. The molecule has 1 unspecified atom stereocenters. The minimum atomic E-state index is -2.86. The molecule has 0 aromatic heterocycles. The number of alkyl halides is 2. The predicted octanol–water partition coefficient (Wildman–Crippen LogP) is 5.77. The fourth-order valence-corrected chi connectivity index (χ4v) is 4.76. The summed E-state index contributed by atoms with van der Waals surface area (Å²) in [6, 6.07) is 18.0. The highest BCUT2D eigenvalue weighted by Gasteiger charge is 2.50. The predicted molar refractivity (Wildman–Crippen MR) is 114 cm³/mol. The van der Waals surface area contributed by atoms with Crippen LogP contribution in [0, 0.1) is 17.2 Å². The average molecular weight is 427 g/mol. The molecule has 1 N–H and O–H groups in total. The highest BCUT2D eigenvalue weighted by atomic mass is 32.2. The number of rotatable bonds is 5. The fourth-order valence-electron chi connectivity index (χ4n) is 4.35. The van der Waals surface area contributed by atoms with Crippen molar-refractivity contribution in [3.8, 4) is 17.2 Å². The lowest BCUT2D eigenvalue weighted by atomic mass is 9.71. The number of thioether (sulfide) groups is 1. The van der Waals surface area contributed by atoms with E-state index in [0.29, 0.717) is 12.8 Å². The maximum atomic E-state index is 14.3. The number of hydrogen-bond acceptors (Lipinski definition) is 3. The zero-order chi connectivity index (χ0) is 21.4. The first-order valence-corrected chi connectivity index (χ1v) is 11.4. The Bertz CT molecular complexity index is 979. The summed E-state index contributed by atoms with van der Waals surface area (Å²) in [6.45, 7) is 0. The summed E-state index contributed by atoms with van der Waals surface area (Å²) in [6.07, 6.45) is 2.71. The molecule has 2 aliphatic rings. The van der Waals surface area contributed by atoms with Crippen molar-refractivity contribution >= 4 is 17.7 Å². The van der Waals surface area contributed by atoms with Gasteiger partial charge in [-0.15, -0.1) is 11.8 Å². The zero-order valence-corrected chi connectivity index (χ0v) is 17.6. The molecule has 6 heteroatoms. The number of nitriles is 1. The quantitative estimate of drug-likeness (QED) is 0.618. The average Bonchev–Trinajstić information content (AvgIpc) is 3.53. The molecule has 156 valence electrons. The van der Waals surface area contributed by atoms with Crippen LogP contribution in [0.5, 0.6) is 0 Å². The van der Waals surface area contributed by atoms with Crippen LogP contribution in [0.1, 0.15) is 43.6 Å². The van der Waals surface area contributed by atoms with Gasteiger partial charge in [0.2, 0.25) is 11.8 Å². The molecule has 2 saturated carbocycles. The summed E-state index contributed by atoms with van der Waals surface area (Å²) >= 11 is 1.66. The Morgan fingerprint density at radius 2 is 1.83 bits per heavy atom. The van der Waals surface area contributed by atoms with E-state index in [9.17, 15) is 18.8 Å². The maximum absolute atomic E-state index is 14.3. The van der Waals surface area contributed by atoms with Crippen LogP contribution in [0.25, 0.3) is 11.1 Å². The number of carbonyl (C=O) groups is 1. The van der Waals surface area contributed by atoms with E-state index >= 15 is 0 Å². The summed E-state index contributed by atoms with van der Waals surface area (Å²) in [4.78, 5) is 14.2. The molecule has 0 aliphatic heterocycles. The van der Waals surface area contributed by atoms with Gasteiger partial charge >= 0.3 is 0 Å². The number of halogens is 2.